The van der Waals surface area contributed by atoms with Crippen molar-refractivity contribution < 1.29 is 18.7 Å². The molecule has 2 aromatic carbocycles. The highest BCUT2D eigenvalue weighted by molar-refractivity contribution is 6.35. The summed E-state index contributed by atoms with van der Waals surface area (Å²) in [5.74, 6) is 1.15. The molecule has 2 saturated heterocycles. The first-order chi connectivity index (χ1) is 21.3. The molecule has 0 radical (unpaired) electrons. The number of fused-ring (bicyclic) bond motifs is 2. The summed E-state index contributed by atoms with van der Waals surface area (Å²) in [4.78, 5) is 28.0. The van der Waals surface area contributed by atoms with Gasteiger partial charge in [-0.15, -0.1) is 0 Å². The van der Waals surface area contributed by atoms with Crippen LogP contribution in [0, 0.1) is 6.92 Å². The molecule has 0 bridgehead atoms. The molecule has 1 aliphatic carbocycles. The summed E-state index contributed by atoms with van der Waals surface area (Å²) < 4.78 is 27.0. The Balaban J connectivity index is 1.38. The first kappa shape index (κ1) is 28.8. The van der Waals surface area contributed by atoms with Crippen LogP contribution >= 0.6 is 11.6 Å². The lowest BCUT2D eigenvalue weighted by atomic mass is 9.94. The van der Waals surface area contributed by atoms with Gasteiger partial charge in [0.25, 0.3) is 0 Å². The lowest BCUT2D eigenvalue weighted by Gasteiger charge is -2.35. The smallest absolute Gasteiger partial charge is 0.319 e. The predicted octanol–water partition coefficient (Wildman–Crippen LogP) is 4.93. The van der Waals surface area contributed by atoms with E-state index in [-0.39, 0.29) is 30.7 Å². The third kappa shape index (κ3) is 5.32. The molecule has 230 valence electrons. The summed E-state index contributed by atoms with van der Waals surface area (Å²) in [5, 5.41) is 9.54. The maximum absolute atomic E-state index is 14.1. The molecule has 10 nitrogen and oxygen atoms in total. The molecule has 1 amide bonds. The minimum Gasteiger partial charge on any atom is -0.487 e. The van der Waals surface area contributed by atoms with Crippen LogP contribution in [0.1, 0.15) is 24.8 Å². The molecule has 2 aliphatic heterocycles. The van der Waals surface area contributed by atoms with Gasteiger partial charge in [0, 0.05) is 60.7 Å². The number of aryl methyl sites for hydroxylation is 1. The van der Waals surface area contributed by atoms with E-state index in [1.54, 1.807) is 11.1 Å². The van der Waals surface area contributed by atoms with Gasteiger partial charge in [0.15, 0.2) is 5.75 Å². The standard InChI is InChI=1S/C32H35ClFN7O3/c1-4-26(42)40-9-11-41(12-10-40)31-22-14-24(33)28(27-18(2)5-8-25-23(27)15-35-38-25)30(44-21-6-7-21)29(22)36-32(37-31)43-17-20-13-19(34)16-39(20)3/h4-5,8,14-15,19-21H,1,6-7,9-13,16-17H2,2-3H3,(H,35,38)/t19-,20-/m0/s1. The van der Waals surface area contributed by atoms with Crippen molar-refractivity contribution in [2.24, 2.45) is 0 Å². The Labute approximate surface area is 259 Å². The monoisotopic (exact) mass is 619 g/mol. The maximum atomic E-state index is 14.1. The molecule has 7 rings (SSSR count). The lowest BCUT2D eigenvalue weighted by Crippen LogP contribution is -2.48. The SMILES string of the molecule is C=CC(=O)N1CCN(c2nc(OC[C@@H]3C[C@H](F)CN3C)nc3c(OC4CC4)c(-c4c(C)ccc5[nH]ncc45)c(Cl)cc23)CC1. The third-order valence-electron chi connectivity index (χ3n) is 8.86. The highest BCUT2D eigenvalue weighted by Gasteiger charge is 2.33. The number of carbonyl (C=O) groups is 1. The second kappa shape index (κ2) is 11.5. The Kier molecular flexibility index (Phi) is 7.54. The molecular formula is C32H35ClFN7O3. The van der Waals surface area contributed by atoms with Gasteiger partial charge in [0.2, 0.25) is 5.91 Å². The van der Waals surface area contributed by atoms with Gasteiger partial charge >= 0.3 is 6.01 Å². The Morgan fingerprint density at radius 3 is 2.68 bits per heavy atom. The third-order valence-corrected chi connectivity index (χ3v) is 9.15. The molecule has 1 N–H and O–H groups in total. The van der Waals surface area contributed by atoms with Gasteiger partial charge in [0.05, 0.1) is 22.8 Å². The van der Waals surface area contributed by atoms with Crippen LogP contribution in [0.2, 0.25) is 5.02 Å². The molecule has 12 heteroatoms. The number of H-pyrrole nitrogens is 1. The van der Waals surface area contributed by atoms with Gasteiger partial charge in [-0.05, 0) is 57.0 Å². The van der Waals surface area contributed by atoms with Crippen LogP contribution in [-0.2, 0) is 4.79 Å². The summed E-state index contributed by atoms with van der Waals surface area (Å²) >= 11 is 7.18. The molecule has 1 saturated carbocycles. The number of halogens is 2. The molecule has 0 unspecified atom stereocenters. The quantitative estimate of drug-likeness (QED) is 0.277. The van der Waals surface area contributed by atoms with E-state index in [2.05, 4.69) is 21.7 Å². The number of likely N-dealkylation sites (tertiary alicyclic amines) is 1. The summed E-state index contributed by atoms with van der Waals surface area (Å²) in [6, 6.07) is 6.06. The van der Waals surface area contributed by atoms with E-state index in [0.717, 1.165) is 45.8 Å². The van der Waals surface area contributed by atoms with Crippen LogP contribution in [0.5, 0.6) is 11.8 Å². The van der Waals surface area contributed by atoms with Crippen LogP contribution in [0.4, 0.5) is 10.2 Å². The molecule has 2 aromatic heterocycles. The number of aromatic nitrogens is 4. The van der Waals surface area contributed by atoms with Gasteiger partial charge in [0.1, 0.15) is 24.1 Å². The fourth-order valence-corrected chi connectivity index (χ4v) is 6.57. The van der Waals surface area contributed by atoms with Crippen molar-refractivity contribution in [1.82, 2.24) is 30.0 Å². The Bertz CT molecular complexity index is 1750. The number of amides is 1. The van der Waals surface area contributed by atoms with Crippen LogP contribution in [0.25, 0.3) is 32.9 Å². The van der Waals surface area contributed by atoms with Crippen molar-refractivity contribution in [2.45, 2.75) is 44.5 Å². The highest BCUT2D eigenvalue weighted by Crippen LogP contribution is 2.48. The zero-order chi connectivity index (χ0) is 30.5. The number of benzene rings is 2. The predicted molar refractivity (Wildman–Crippen MR) is 168 cm³/mol. The van der Waals surface area contributed by atoms with Crippen molar-refractivity contribution in [3.63, 3.8) is 0 Å². The first-order valence-electron chi connectivity index (χ1n) is 15.1. The molecule has 0 spiro atoms. The van der Waals surface area contributed by atoms with Crippen LogP contribution < -0.4 is 14.4 Å². The molecule has 4 aromatic rings. The largest absolute Gasteiger partial charge is 0.487 e. The Hall–Kier alpha value is -3.96. The zero-order valence-corrected chi connectivity index (χ0v) is 25.6. The number of likely N-dealkylation sites (N-methyl/N-ethyl adjacent to an activating group) is 1. The number of anilines is 1. The summed E-state index contributed by atoms with van der Waals surface area (Å²) in [5.41, 5.74) is 4.21. The maximum Gasteiger partial charge on any atom is 0.319 e. The van der Waals surface area contributed by atoms with Crippen molar-refractivity contribution >= 4 is 45.1 Å². The average Bonchev–Trinajstić information content (AvgIpc) is 3.60. The molecule has 44 heavy (non-hydrogen) atoms. The Morgan fingerprint density at radius 2 is 1.98 bits per heavy atom. The van der Waals surface area contributed by atoms with E-state index >= 15 is 0 Å². The normalized spacial score (nSPS) is 20.9. The van der Waals surface area contributed by atoms with Gasteiger partial charge in [-0.3, -0.25) is 14.8 Å². The summed E-state index contributed by atoms with van der Waals surface area (Å²) in [6.45, 7) is 8.48. The number of nitrogens with zero attached hydrogens (tertiary/aromatic N) is 6. The zero-order valence-electron chi connectivity index (χ0n) is 24.9. The topological polar surface area (TPSA) is 99.7 Å². The van der Waals surface area contributed by atoms with Gasteiger partial charge < -0.3 is 19.3 Å². The van der Waals surface area contributed by atoms with Gasteiger partial charge in [-0.2, -0.15) is 15.1 Å². The highest BCUT2D eigenvalue weighted by atomic mass is 35.5. The fraction of sp³-hybridized carbons (Fsp3) is 0.438. The first-order valence-corrected chi connectivity index (χ1v) is 15.5. The number of alkyl halides is 1. The summed E-state index contributed by atoms with van der Waals surface area (Å²) in [7, 11) is 1.90. The second-order valence-electron chi connectivity index (χ2n) is 11.9. The summed E-state index contributed by atoms with van der Waals surface area (Å²) in [6.07, 6.45) is 4.62. The van der Waals surface area contributed by atoms with E-state index in [1.165, 1.54) is 6.08 Å². The number of hydrogen-bond acceptors (Lipinski definition) is 8. The van der Waals surface area contributed by atoms with E-state index < -0.39 is 6.17 Å². The molecular weight excluding hydrogens is 585 g/mol. The second-order valence-corrected chi connectivity index (χ2v) is 12.4. The molecule has 4 heterocycles. The number of carbonyl (C=O) groups excluding carboxylic acids is 1. The molecule has 3 aliphatic rings. The number of piperazine rings is 1. The van der Waals surface area contributed by atoms with Crippen molar-refractivity contribution in [1.29, 1.82) is 0 Å². The number of aromatic amines is 1. The van der Waals surface area contributed by atoms with Gasteiger partial charge in [-0.25, -0.2) is 4.39 Å². The Morgan fingerprint density at radius 1 is 1.18 bits per heavy atom. The lowest BCUT2D eigenvalue weighted by molar-refractivity contribution is -0.126. The van der Waals surface area contributed by atoms with E-state index in [9.17, 15) is 9.18 Å². The van der Waals surface area contributed by atoms with Crippen molar-refractivity contribution in [3.05, 3.63) is 47.6 Å². The van der Waals surface area contributed by atoms with E-state index in [4.69, 9.17) is 31.0 Å². The number of nitrogens with one attached hydrogen (secondary N) is 1. The molecule has 2 atom stereocenters. The minimum atomic E-state index is -0.881. The van der Waals surface area contributed by atoms with Gasteiger partial charge in [-0.1, -0.05) is 24.2 Å². The van der Waals surface area contributed by atoms with Crippen LogP contribution in [0.15, 0.2) is 37.1 Å². The number of rotatable bonds is 8. The number of ether oxygens (including phenoxy) is 2. The molecule has 3 fully saturated rings. The van der Waals surface area contributed by atoms with Crippen LogP contribution in [-0.4, -0.2) is 101 Å². The minimum absolute atomic E-state index is 0.0594. The van der Waals surface area contributed by atoms with Crippen molar-refractivity contribution in [2.75, 3.05) is 51.3 Å². The van der Waals surface area contributed by atoms with E-state index in [1.807, 2.05) is 37.1 Å². The van der Waals surface area contributed by atoms with Crippen molar-refractivity contribution in [3.8, 4) is 22.9 Å². The van der Waals surface area contributed by atoms with Crippen LogP contribution in [0.3, 0.4) is 0 Å². The van der Waals surface area contributed by atoms with E-state index in [0.29, 0.717) is 61.3 Å². The average molecular weight is 620 g/mol. The fourth-order valence-electron chi connectivity index (χ4n) is 6.28. The number of hydrogen-bond donors (Lipinski definition) is 1.